The van der Waals surface area contributed by atoms with Crippen molar-refractivity contribution in [2.24, 2.45) is 5.92 Å². The molecule has 0 aliphatic heterocycles. The van der Waals surface area contributed by atoms with Gasteiger partial charge in [-0.05, 0) is 12.3 Å². The molecule has 0 aliphatic rings. The lowest BCUT2D eigenvalue weighted by Gasteiger charge is -2.05. The summed E-state index contributed by atoms with van der Waals surface area (Å²) in [6.45, 7) is 6.03. The Bertz CT molecular complexity index is 69.0. The molecule has 54 valence electrons. The quantitative estimate of drug-likeness (QED) is 0.561. The van der Waals surface area contributed by atoms with Crippen LogP contribution in [0.4, 0.5) is 0 Å². The Kier molecular flexibility index (Phi) is 5.64. The molecule has 0 bridgehead atoms. The largest absolute Gasteiger partial charge is 0.396 e. The molecular weight excluding hydrogens is 112 g/mol. The molecule has 0 spiro atoms. The summed E-state index contributed by atoms with van der Waals surface area (Å²) in [5.41, 5.74) is 0. The number of aliphatic hydroxyl groups excluding tert-OH is 1. The zero-order valence-electron chi connectivity index (χ0n) is 6.14. The molecule has 0 radical (unpaired) electrons. The fraction of sp³-hybridized carbons (Fsp3) is 0.750. The van der Waals surface area contributed by atoms with E-state index in [4.69, 9.17) is 5.11 Å². The summed E-state index contributed by atoms with van der Waals surface area (Å²) in [5, 5.41) is 8.68. The van der Waals surface area contributed by atoms with Crippen LogP contribution in [0.2, 0.25) is 0 Å². The van der Waals surface area contributed by atoms with Crippen LogP contribution in [0.3, 0.4) is 0 Å². The number of aliphatic hydroxyl groups is 1. The summed E-state index contributed by atoms with van der Waals surface area (Å²) in [5.74, 6) is 0.324. The normalized spacial score (nSPS) is 13.1. The second-order valence-corrected chi connectivity index (χ2v) is 2.32. The van der Waals surface area contributed by atoms with E-state index in [0.29, 0.717) is 5.92 Å². The third-order valence-electron chi connectivity index (χ3n) is 1.50. The fourth-order valence-electron chi connectivity index (χ4n) is 0.750. The van der Waals surface area contributed by atoms with Crippen molar-refractivity contribution in [2.75, 3.05) is 6.61 Å². The average molecular weight is 128 g/mol. The molecule has 0 amide bonds. The van der Waals surface area contributed by atoms with Crippen molar-refractivity contribution in [3.05, 3.63) is 12.7 Å². The first-order valence-corrected chi connectivity index (χ1v) is 3.58. The zero-order valence-corrected chi connectivity index (χ0v) is 6.14. The molecular formula is C8H16O. The van der Waals surface area contributed by atoms with Crippen molar-refractivity contribution in [3.8, 4) is 0 Å². The van der Waals surface area contributed by atoms with Gasteiger partial charge in [0.2, 0.25) is 0 Å². The first-order valence-electron chi connectivity index (χ1n) is 3.58. The van der Waals surface area contributed by atoms with Crippen LogP contribution >= 0.6 is 0 Å². The molecule has 1 N–H and O–H groups in total. The van der Waals surface area contributed by atoms with Crippen molar-refractivity contribution < 1.29 is 5.11 Å². The average Bonchev–Trinajstić information content (AvgIpc) is 1.91. The van der Waals surface area contributed by atoms with Gasteiger partial charge in [-0.15, -0.1) is 6.58 Å². The Morgan fingerprint density at radius 2 is 2.33 bits per heavy atom. The summed E-state index contributed by atoms with van der Waals surface area (Å²) in [4.78, 5) is 0. The molecule has 0 aliphatic carbocycles. The topological polar surface area (TPSA) is 20.2 Å². The van der Waals surface area contributed by atoms with Crippen molar-refractivity contribution in [2.45, 2.75) is 26.2 Å². The maximum absolute atomic E-state index is 8.68. The van der Waals surface area contributed by atoms with E-state index in [0.717, 1.165) is 6.42 Å². The Balaban J connectivity index is 3.20. The lowest BCUT2D eigenvalue weighted by Crippen LogP contribution is -2.00. The van der Waals surface area contributed by atoms with E-state index in [2.05, 4.69) is 13.5 Å². The van der Waals surface area contributed by atoms with Crippen LogP contribution < -0.4 is 0 Å². The molecule has 9 heavy (non-hydrogen) atoms. The Morgan fingerprint density at radius 1 is 1.67 bits per heavy atom. The SMILES string of the molecule is C=C[C@@H](CO)CCCC. The van der Waals surface area contributed by atoms with Crippen LogP contribution in [0.15, 0.2) is 12.7 Å². The van der Waals surface area contributed by atoms with Crippen LogP contribution in [-0.4, -0.2) is 11.7 Å². The molecule has 0 unspecified atom stereocenters. The molecule has 0 aromatic heterocycles. The second kappa shape index (κ2) is 5.83. The van der Waals surface area contributed by atoms with Gasteiger partial charge in [0.15, 0.2) is 0 Å². The lowest BCUT2D eigenvalue weighted by atomic mass is 10.0. The summed E-state index contributed by atoms with van der Waals surface area (Å²) >= 11 is 0. The number of rotatable bonds is 5. The highest BCUT2D eigenvalue weighted by atomic mass is 16.3. The van der Waals surface area contributed by atoms with Crippen LogP contribution in [0.5, 0.6) is 0 Å². The minimum Gasteiger partial charge on any atom is -0.396 e. The highest BCUT2D eigenvalue weighted by molar-refractivity contribution is 4.77. The van der Waals surface area contributed by atoms with Crippen LogP contribution in [-0.2, 0) is 0 Å². The molecule has 0 aromatic carbocycles. The van der Waals surface area contributed by atoms with Gasteiger partial charge in [-0.3, -0.25) is 0 Å². The summed E-state index contributed by atoms with van der Waals surface area (Å²) < 4.78 is 0. The van der Waals surface area contributed by atoms with E-state index in [9.17, 15) is 0 Å². The van der Waals surface area contributed by atoms with Gasteiger partial charge in [0.1, 0.15) is 0 Å². The number of unbranched alkanes of at least 4 members (excludes halogenated alkanes) is 1. The summed E-state index contributed by atoms with van der Waals surface area (Å²) in [6.07, 6.45) is 5.30. The Morgan fingerprint density at radius 3 is 2.67 bits per heavy atom. The molecule has 0 saturated carbocycles. The predicted octanol–water partition coefficient (Wildman–Crippen LogP) is 1.97. The minimum atomic E-state index is 0.253. The minimum absolute atomic E-state index is 0.253. The van der Waals surface area contributed by atoms with Crippen molar-refractivity contribution >= 4 is 0 Å². The highest BCUT2D eigenvalue weighted by Crippen LogP contribution is 2.07. The van der Waals surface area contributed by atoms with Gasteiger partial charge in [-0.2, -0.15) is 0 Å². The number of hydrogen-bond donors (Lipinski definition) is 1. The van der Waals surface area contributed by atoms with Crippen LogP contribution in [0, 0.1) is 5.92 Å². The maximum atomic E-state index is 8.68. The molecule has 1 heteroatoms. The van der Waals surface area contributed by atoms with E-state index in [1.807, 2.05) is 6.08 Å². The summed E-state index contributed by atoms with van der Waals surface area (Å²) in [6, 6.07) is 0. The van der Waals surface area contributed by atoms with Gasteiger partial charge < -0.3 is 5.11 Å². The van der Waals surface area contributed by atoms with E-state index in [-0.39, 0.29) is 6.61 Å². The predicted molar refractivity (Wildman–Crippen MR) is 40.3 cm³/mol. The lowest BCUT2D eigenvalue weighted by molar-refractivity contribution is 0.244. The summed E-state index contributed by atoms with van der Waals surface area (Å²) in [7, 11) is 0. The van der Waals surface area contributed by atoms with Crippen molar-refractivity contribution in [3.63, 3.8) is 0 Å². The third-order valence-corrected chi connectivity index (χ3v) is 1.50. The van der Waals surface area contributed by atoms with E-state index < -0.39 is 0 Å². The molecule has 0 fully saturated rings. The molecule has 0 saturated heterocycles. The Labute approximate surface area is 57.4 Å². The van der Waals surface area contributed by atoms with Crippen LogP contribution in [0.25, 0.3) is 0 Å². The smallest absolute Gasteiger partial charge is 0.0493 e. The van der Waals surface area contributed by atoms with Gasteiger partial charge in [-0.25, -0.2) is 0 Å². The fourth-order valence-corrected chi connectivity index (χ4v) is 0.750. The van der Waals surface area contributed by atoms with E-state index in [1.165, 1.54) is 12.8 Å². The van der Waals surface area contributed by atoms with Gasteiger partial charge in [0.25, 0.3) is 0 Å². The molecule has 0 heterocycles. The van der Waals surface area contributed by atoms with E-state index in [1.54, 1.807) is 0 Å². The molecule has 0 rings (SSSR count). The zero-order chi connectivity index (χ0) is 7.11. The van der Waals surface area contributed by atoms with Crippen molar-refractivity contribution in [1.82, 2.24) is 0 Å². The third kappa shape index (κ3) is 4.22. The van der Waals surface area contributed by atoms with Gasteiger partial charge >= 0.3 is 0 Å². The second-order valence-electron chi connectivity index (χ2n) is 2.32. The van der Waals surface area contributed by atoms with Gasteiger partial charge in [-0.1, -0.05) is 25.8 Å². The Hall–Kier alpha value is -0.300. The molecule has 1 atom stereocenters. The highest BCUT2D eigenvalue weighted by Gasteiger charge is 1.98. The number of hydrogen-bond acceptors (Lipinski definition) is 1. The molecule has 0 aromatic rings. The maximum Gasteiger partial charge on any atom is 0.0493 e. The first-order chi connectivity index (χ1) is 4.35. The molecule has 1 nitrogen and oxygen atoms in total. The standard InChI is InChI=1S/C8H16O/c1-3-5-6-8(4-2)7-9/h4,8-9H,2-3,5-7H2,1H3/t8-/m1/s1. The van der Waals surface area contributed by atoms with E-state index >= 15 is 0 Å². The van der Waals surface area contributed by atoms with Gasteiger partial charge in [0, 0.05) is 6.61 Å². The monoisotopic (exact) mass is 128 g/mol. The van der Waals surface area contributed by atoms with Crippen molar-refractivity contribution in [1.29, 1.82) is 0 Å². The van der Waals surface area contributed by atoms with Crippen LogP contribution in [0.1, 0.15) is 26.2 Å². The first kappa shape index (κ1) is 8.70. The van der Waals surface area contributed by atoms with Gasteiger partial charge in [0.05, 0.1) is 0 Å².